The minimum absolute atomic E-state index is 0.0484. The second-order valence-electron chi connectivity index (χ2n) is 9.48. The molecule has 0 unspecified atom stereocenters. The van der Waals surface area contributed by atoms with Crippen molar-refractivity contribution in [3.63, 3.8) is 0 Å². The molecule has 1 heterocycles. The third-order valence-corrected chi connectivity index (χ3v) is 7.05. The number of ether oxygens (including phenoxy) is 3. The Morgan fingerprint density at radius 2 is 1.65 bits per heavy atom. The number of rotatable bonds is 6. The van der Waals surface area contributed by atoms with Gasteiger partial charge in [-0.15, -0.1) is 0 Å². The molecule has 5 nitrogen and oxygen atoms in total. The molecule has 2 aromatic rings. The van der Waals surface area contributed by atoms with Gasteiger partial charge in [0.25, 0.3) is 0 Å². The van der Waals surface area contributed by atoms with Gasteiger partial charge in [-0.05, 0) is 60.3 Å². The second-order valence-corrected chi connectivity index (χ2v) is 9.48. The predicted octanol–water partition coefficient (Wildman–Crippen LogP) is 6.34. The average Bonchev–Trinajstić information content (AvgIpc) is 2.84. The van der Waals surface area contributed by atoms with Crippen molar-refractivity contribution in [1.82, 2.24) is 0 Å². The summed E-state index contributed by atoms with van der Waals surface area (Å²) in [6.07, 6.45) is 3.39. The molecule has 0 N–H and O–H groups in total. The van der Waals surface area contributed by atoms with Crippen molar-refractivity contribution in [1.29, 1.82) is 0 Å². The molecule has 2 aromatic carbocycles. The SMILES string of the molecule is CCc1cc(C)cc(CC)c1C1=C(OC(=O)OCc2ccccc2)CC2(CCOCC2)CC1=O. The van der Waals surface area contributed by atoms with Gasteiger partial charge in [0.1, 0.15) is 12.4 Å². The first-order valence-corrected chi connectivity index (χ1v) is 12.3. The summed E-state index contributed by atoms with van der Waals surface area (Å²) < 4.78 is 16.9. The van der Waals surface area contributed by atoms with Crippen LogP contribution in [-0.2, 0) is 38.5 Å². The molecule has 1 saturated heterocycles. The summed E-state index contributed by atoms with van der Waals surface area (Å²) >= 11 is 0. The Labute approximate surface area is 202 Å². The van der Waals surface area contributed by atoms with E-state index in [-0.39, 0.29) is 17.8 Å². The first kappa shape index (κ1) is 24.2. The van der Waals surface area contributed by atoms with E-state index in [1.165, 1.54) is 5.56 Å². The molecule has 0 saturated carbocycles. The Kier molecular flexibility index (Phi) is 7.52. The first-order chi connectivity index (χ1) is 16.4. The van der Waals surface area contributed by atoms with E-state index in [2.05, 4.69) is 32.9 Å². The first-order valence-electron chi connectivity index (χ1n) is 12.3. The predicted molar refractivity (Wildman–Crippen MR) is 131 cm³/mol. The minimum atomic E-state index is -0.767. The van der Waals surface area contributed by atoms with Crippen LogP contribution in [0.3, 0.4) is 0 Å². The van der Waals surface area contributed by atoms with Gasteiger partial charge in [0.05, 0.1) is 5.57 Å². The summed E-state index contributed by atoms with van der Waals surface area (Å²) in [7, 11) is 0. The molecule has 1 spiro atoms. The molecule has 5 heteroatoms. The highest BCUT2D eigenvalue weighted by molar-refractivity contribution is 6.23. The van der Waals surface area contributed by atoms with Crippen molar-refractivity contribution in [2.45, 2.75) is 65.9 Å². The number of hydrogen-bond acceptors (Lipinski definition) is 5. The molecule has 34 heavy (non-hydrogen) atoms. The van der Waals surface area contributed by atoms with Crippen molar-refractivity contribution in [3.05, 3.63) is 76.0 Å². The van der Waals surface area contributed by atoms with Crippen molar-refractivity contribution in [2.24, 2.45) is 5.41 Å². The van der Waals surface area contributed by atoms with Crippen LogP contribution in [0, 0.1) is 12.3 Å². The van der Waals surface area contributed by atoms with Crippen LogP contribution in [0.1, 0.15) is 67.3 Å². The third-order valence-electron chi connectivity index (χ3n) is 7.05. The maximum Gasteiger partial charge on any atom is 0.513 e. The lowest BCUT2D eigenvalue weighted by molar-refractivity contribution is -0.119. The highest BCUT2D eigenvalue weighted by Crippen LogP contribution is 2.48. The topological polar surface area (TPSA) is 61.8 Å². The summed E-state index contributed by atoms with van der Waals surface area (Å²) in [4.78, 5) is 26.5. The highest BCUT2D eigenvalue weighted by atomic mass is 16.7. The molecule has 0 amide bonds. The number of aryl methyl sites for hydroxylation is 3. The summed E-state index contributed by atoms with van der Waals surface area (Å²) in [5.41, 5.74) is 5.55. The lowest BCUT2D eigenvalue weighted by Crippen LogP contribution is -2.37. The second kappa shape index (κ2) is 10.6. The van der Waals surface area contributed by atoms with Crippen LogP contribution in [0.4, 0.5) is 4.79 Å². The van der Waals surface area contributed by atoms with Gasteiger partial charge in [-0.3, -0.25) is 4.79 Å². The quantitative estimate of drug-likeness (QED) is 0.469. The number of hydrogen-bond donors (Lipinski definition) is 0. The van der Waals surface area contributed by atoms with Crippen molar-refractivity contribution < 1.29 is 23.8 Å². The Morgan fingerprint density at radius 3 is 2.26 bits per heavy atom. The van der Waals surface area contributed by atoms with Gasteiger partial charge < -0.3 is 14.2 Å². The van der Waals surface area contributed by atoms with E-state index in [4.69, 9.17) is 14.2 Å². The minimum Gasteiger partial charge on any atom is -0.429 e. The van der Waals surface area contributed by atoms with Gasteiger partial charge in [0.15, 0.2) is 5.78 Å². The molecule has 2 aliphatic rings. The van der Waals surface area contributed by atoms with Crippen LogP contribution >= 0.6 is 0 Å². The fraction of sp³-hybridized carbons (Fsp3) is 0.448. The van der Waals surface area contributed by atoms with Crippen molar-refractivity contribution in [2.75, 3.05) is 13.2 Å². The van der Waals surface area contributed by atoms with Gasteiger partial charge in [-0.25, -0.2) is 4.79 Å². The van der Waals surface area contributed by atoms with E-state index < -0.39 is 6.16 Å². The fourth-order valence-corrected chi connectivity index (χ4v) is 5.27. The van der Waals surface area contributed by atoms with E-state index >= 15 is 0 Å². The molecule has 4 rings (SSSR count). The molecule has 180 valence electrons. The molecule has 1 fully saturated rings. The Bertz CT molecular complexity index is 1050. The van der Waals surface area contributed by atoms with Crippen LogP contribution in [0.15, 0.2) is 48.2 Å². The summed E-state index contributed by atoms with van der Waals surface area (Å²) in [6, 6.07) is 13.8. The average molecular weight is 463 g/mol. The van der Waals surface area contributed by atoms with E-state index in [0.717, 1.165) is 47.9 Å². The number of allylic oxidation sites excluding steroid dienone is 2. The number of ketones is 1. The highest BCUT2D eigenvalue weighted by Gasteiger charge is 2.43. The zero-order valence-electron chi connectivity index (χ0n) is 20.4. The zero-order chi connectivity index (χ0) is 24.1. The Balaban J connectivity index is 1.72. The molecule has 1 aliphatic carbocycles. The molecule has 1 aliphatic heterocycles. The summed E-state index contributed by atoms with van der Waals surface area (Å²) in [5.74, 6) is 0.497. The zero-order valence-corrected chi connectivity index (χ0v) is 20.4. The number of carbonyl (C=O) groups is 2. The fourth-order valence-electron chi connectivity index (χ4n) is 5.27. The van der Waals surface area contributed by atoms with Crippen molar-refractivity contribution in [3.8, 4) is 0 Å². The Hall–Kier alpha value is -2.92. The summed E-state index contributed by atoms with van der Waals surface area (Å²) in [5, 5.41) is 0. The van der Waals surface area contributed by atoms with E-state index in [1.54, 1.807) is 0 Å². The van der Waals surface area contributed by atoms with Gasteiger partial charge in [0, 0.05) is 26.1 Å². The maximum atomic E-state index is 13.7. The molecule has 0 radical (unpaired) electrons. The van der Waals surface area contributed by atoms with Gasteiger partial charge >= 0.3 is 6.16 Å². The van der Waals surface area contributed by atoms with E-state index in [0.29, 0.717) is 37.4 Å². The normalized spacial score (nSPS) is 17.7. The molecular weight excluding hydrogens is 428 g/mol. The van der Waals surface area contributed by atoms with Gasteiger partial charge in [-0.1, -0.05) is 61.9 Å². The Morgan fingerprint density at radius 1 is 1.00 bits per heavy atom. The largest absolute Gasteiger partial charge is 0.513 e. The summed E-state index contributed by atoms with van der Waals surface area (Å²) in [6.45, 7) is 7.65. The maximum absolute atomic E-state index is 13.7. The number of benzene rings is 2. The molecule has 0 aromatic heterocycles. The molecular formula is C29H34O5. The van der Waals surface area contributed by atoms with Crippen LogP contribution in [0.2, 0.25) is 0 Å². The molecule has 0 bridgehead atoms. The monoisotopic (exact) mass is 462 g/mol. The lowest BCUT2D eigenvalue weighted by Gasteiger charge is -2.40. The van der Waals surface area contributed by atoms with Gasteiger partial charge in [0.2, 0.25) is 0 Å². The standard InChI is InChI=1S/C29H34O5/c1-4-22-15-20(3)16-23(5-2)26(22)27-24(30)17-29(11-13-32-14-12-29)18-25(27)34-28(31)33-19-21-9-7-6-8-10-21/h6-10,15-16H,4-5,11-14,17-19H2,1-3H3. The van der Waals surface area contributed by atoms with E-state index in [9.17, 15) is 9.59 Å². The van der Waals surface area contributed by atoms with Crippen molar-refractivity contribution >= 4 is 17.5 Å². The smallest absolute Gasteiger partial charge is 0.429 e. The number of Topliss-reactive ketones (excluding diaryl/α,β-unsaturated/α-hetero) is 1. The van der Waals surface area contributed by atoms with Crippen LogP contribution in [0.5, 0.6) is 0 Å². The van der Waals surface area contributed by atoms with Gasteiger partial charge in [-0.2, -0.15) is 0 Å². The van der Waals surface area contributed by atoms with Crippen LogP contribution in [0.25, 0.3) is 5.57 Å². The van der Waals surface area contributed by atoms with Crippen LogP contribution in [-0.4, -0.2) is 25.2 Å². The lowest BCUT2D eigenvalue weighted by atomic mass is 9.67. The van der Waals surface area contributed by atoms with E-state index in [1.807, 2.05) is 30.3 Å². The molecule has 0 atom stereocenters. The number of carbonyl (C=O) groups excluding carboxylic acids is 2. The van der Waals surface area contributed by atoms with Crippen LogP contribution < -0.4 is 0 Å². The third kappa shape index (κ3) is 5.25.